The highest BCUT2D eigenvalue weighted by molar-refractivity contribution is 7.47. The van der Waals surface area contributed by atoms with E-state index in [1.807, 2.05) is 33.3 Å². The van der Waals surface area contributed by atoms with Gasteiger partial charge in [-0.1, -0.05) is 229 Å². The van der Waals surface area contributed by atoms with Crippen LogP contribution in [0, 0.1) is 0 Å². The van der Waals surface area contributed by atoms with Gasteiger partial charge in [0.05, 0.1) is 33.8 Å². The van der Waals surface area contributed by atoms with Gasteiger partial charge in [0.25, 0.3) is 0 Å². The van der Waals surface area contributed by atoms with E-state index in [1.54, 1.807) is 0 Å². The molecule has 0 aliphatic heterocycles. The number of rotatable bonds is 52. The van der Waals surface area contributed by atoms with Crippen LogP contribution in [0.1, 0.15) is 252 Å². The first kappa shape index (κ1) is 68.5. The van der Waals surface area contributed by atoms with Gasteiger partial charge >= 0.3 is 13.8 Å². The van der Waals surface area contributed by atoms with Crippen molar-refractivity contribution in [1.82, 2.24) is 5.32 Å². The normalized spacial score (nSPS) is 14.3. The van der Waals surface area contributed by atoms with Gasteiger partial charge < -0.3 is 19.4 Å². The third kappa shape index (κ3) is 52.1. The number of unbranched alkanes of at least 4 members (excludes halogenated alkanes) is 28. The number of hydrogen-bond acceptors (Lipinski definition) is 6. The minimum absolute atomic E-state index is 0.0340. The van der Waals surface area contributed by atoms with Crippen LogP contribution < -0.4 is 5.32 Å². The van der Waals surface area contributed by atoms with Crippen molar-refractivity contribution in [1.29, 1.82) is 0 Å². The lowest BCUT2D eigenvalue weighted by Crippen LogP contribution is -2.47. The molecule has 0 bridgehead atoms. The second-order valence-corrected chi connectivity index (χ2v) is 22.3. The molecule has 0 aromatic heterocycles. The van der Waals surface area contributed by atoms with Crippen molar-refractivity contribution in [3.05, 3.63) is 72.9 Å². The number of quaternary nitrogens is 1. The van der Waals surface area contributed by atoms with Crippen LogP contribution in [0.3, 0.4) is 0 Å². The average Bonchev–Trinajstić information content (AvgIpc) is 3.33. The Hall–Kier alpha value is -2.55. The molecule has 2 N–H and O–H groups in total. The van der Waals surface area contributed by atoms with E-state index in [0.717, 1.165) is 83.5 Å². The number of ether oxygens (including phenoxy) is 1. The van der Waals surface area contributed by atoms with Crippen molar-refractivity contribution < 1.29 is 37.3 Å². The first-order valence-corrected chi connectivity index (χ1v) is 30.8. The maximum atomic E-state index is 13.5. The number of phosphoric acid groups is 1. The van der Waals surface area contributed by atoms with Gasteiger partial charge in [0, 0.05) is 12.8 Å². The molecule has 0 fully saturated rings. The van der Waals surface area contributed by atoms with Crippen molar-refractivity contribution in [3.8, 4) is 0 Å². The van der Waals surface area contributed by atoms with E-state index in [1.165, 1.54) is 128 Å². The standard InChI is InChI=1S/C61H111N2O7P/c1-7-10-13-16-19-22-25-27-28-29-30-31-32-33-34-36-38-41-44-47-50-53-60(64)62-58(57-69-71(66,67)68-56-55-63(4,5)6)59(52-49-46-43-40-37-24-21-18-15-12-9-3)70-61(65)54-51-48-45-42-39-35-26-23-20-17-14-11-8-2/h11,14,17,19-20,22-23,26-28,49,52,58-59H,7-10,12-13,15-16,18,21,24-25,29-48,50-51,53-57H2,1-6H3,(H-,62,64,66,67)/p+1/b14-11+,20-17+,22-19-,26-23-,28-27-,52-49-. The Kier molecular flexibility index (Phi) is 49.1. The molecular weight excluding hydrogens is 904 g/mol. The SMILES string of the molecule is CC/C=C/C=C/C=C\CCCCCCCC(=O)OC(/C=C\CCCCCCCCCCC)C(COP(=O)(O)OCC[N+](C)(C)C)NC(=O)CCCCCCCCCCCCC/C=C\C/C=C\CCCCC. The van der Waals surface area contributed by atoms with Crippen LogP contribution in [0.25, 0.3) is 0 Å². The van der Waals surface area contributed by atoms with Crippen molar-refractivity contribution >= 4 is 19.7 Å². The van der Waals surface area contributed by atoms with Crippen molar-refractivity contribution in [2.24, 2.45) is 0 Å². The number of hydrogen-bond donors (Lipinski definition) is 2. The molecule has 0 radical (unpaired) electrons. The van der Waals surface area contributed by atoms with E-state index in [2.05, 4.69) is 86.8 Å². The van der Waals surface area contributed by atoms with Crippen molar-refractivity contribution in [2.75, 3.05) is 40.9 Å². The van der Waals surface area contributed by atoms with Crippen molar-refractivity contribution in [3.63, 3.8) is 0 Å². The summed E-state index contributed by atoms with van der Waals surface area (Å²) in [6.07, 6.45) is 64.7. The van der Waals surface area contributed by atoms with Gasteiger partial charge in [0.1, 0.15) is 19.3 Å². The number of allylic oxidation sites excluding steroid dienone is 11. The van der Waals surface area contributed by atoms with Gasteiger partial charge in [-0.25, -0.2) is 4.57 Å². The molecule has 0 aromatic carbocycles. The Morgan fingerprint density at radius 1 is 0.521 bits per heavy atom. The van der Waals surface area contributed by atoms with E-state index in [4.69, 9.17) is 13.8 Å². The molecule has 71 heavy (non-hydrogen) atoms. The summed E-state index contributed by atoms with van der Waals surface area (Å²) in [4.78, 5) is 37.6. The number of carbonyl (C=O) groups is 2. The van der Waals surface area contributed by atoms with Gasteiger partial charge in [0.2, 0.25) is 5.91 Å². The molecule has 0 saturated carbocycles. The number of nitrogens with one attached hydrogen (secondary N) is 1. The lowest BCUT2D eigenvalue weighted by Gasteiger charge is -2.27. The highest BCUT2D eigenvalue weighted by Gasteiger charge is 2.30. The summed E-state index contributed by atoms with van der Waals surface area (Å²) in [6, 6.07) is -0.859. The highest BCUT2D eigenvalue weighted by atomic mass is 31.2. The fourth-order valence-electron chi connectivity index (χ4n) is 8.15. The summed E-state index contributed by atoms with van der Waals surface area (Å²) in [5.41, 5.74) is 0. The first-order valence-electron chi connectivity index (χ1n) is 29.3. The lowest BCUT2D eigenvalue weighted by molar-refractivity contribution is -0.870. The monoisotopic (exact) mass is 1020 g/mol. The van der Waals surface area contributed by atoms with E-state index in [9.17, 15) is 19.0 Å². The smallest absolute Gasteiger partial charge is 0.456 e. The van der Waals surface area contributed by atoms with Gasteiger partial charge in [-0.2, -0.15) is 0 Å². The molecular formula is C61H112N2O7P+. The second-order valence-electron chi connectivity index (χ2n) is 20.8. The Morgan fingerprint density at radius 2 is 0.958 bits per heavy atom. The number of carbonyl (C=O) groups excluding carboxylic acids is 2. The van der Waals surface area contributed by atoms with Gasteiger partial charge in [-0.3, -0.25) is 18.6 Å². The summed E-state index contributed by atoms with van der Waals surface area (Å²) in [7, 11) is 1.48. The Morgan fingerprint density at radius 3 is 1.48 bits per heavy atom. The molecule has 0 aliphatic rings. The molecule has 0 heterocycles. The Labute approximate surface area is 438 Å². The van der Waals surface area contributed by atoms with E-state index < -0.39 is 20.0 Å². The molecule has 0 rings (SSSR count). The Balaban J connectivity index is 5.23. The van der Waals surface area contributed by atoms with Crippen LogP contribution >= 0.6 is 7.82 Å². The quantitative estimate of drug-likeness (QED) is 0.0156. The number of likely N-dealkylation sites (N-methyl/N-ethyl adjacent to an activating group) is 1. The van der Waals surface area contributed by atoms with E-state index >= 15 is 0 Å². The number of nitrogens with zero attached hydrogens (tertiary/aromatic N) is 1. The molecule has 412 valence electrons. The molecule has 0 aliphatic carbocycles. The summed E-state index contributed by atoms with van der Waals surface area (Å²) >= 11 is 0. The average molecular weight is 1020 g/mol. The summed E-state index contributed by atoms with van der Waals surface area (Å²) in [5.74, 6) is -0.532. The predicted molar refractivity (Wildman–Crippen MR) is 305 cm³/mol. The van der Waals surface area contributed by atoms with Gasteiger partial charge in [-0.05, 0) is 83.1 Å². The van der Waals surface area contributed by atoms with E-state index in [-0.39, 0.29) is 31.5 Å². The minimum Gasteiger partial charge on any atom is -0.456 e. The minimum atomic E-state index is -4.45. The molecule has 3 unspecified atom stereocenters. The molecule has 10 heteroatoms. The topological polar surface area (TPSA) is 111 Å². The van der Waals surface area contributed by atoms with Crippen LogP contribution in [0.4, 0.5) is 0 Å². The zero-order chi connectivity index (χ0) is 52.2. The number of phosphoric ester groups is 1. The van der Waals surface area contributed by atoms with Crippen LogP contribution in [-0.4, -0.2) is 74.3 Å². The highest BCUT2D eigenvalue weighted by Crippen LogP contribution is 2.43. The third-order valence-electron chi connectivity index (χ3n) is 12.7. The molecule has 1 amide bonds. The molecule has 9 nitrogen and oxygen atoms in total. The maximum absolute atomic E-state index is 13.5. The van der Waals surface area contributed by atoms with Crippen LogP contribution in [0.15, 0.2) is 72.9 Å². The maximum Gasteiger partial charge on any atom is 0.472 e. The molecule has 0 aromatic rings. The predicted octanol–water partition coefficient (Wildman–Crippen LogP) is 17.7. The number of amides is 1. The second kappa shape index (κ2) is 51.0. The molecule has 0 saturated heterocycles. The molecule has 3 atom stereocenters. The van der Waals surface area contributed by atoms with Crippen LogP contribution in [0.2, 0.25) is 0 Å². The number of esters is 1. The van der Waals surface area contributed by atoms with Crippen LogP contribution in [-0.2, 0) is 27.9 Å². The Bertz CT molecular complexity index is 1450. The van der Waals surface area contributed by atoms with Gasteiger partial charge in [-0.15, -0.1) is 0 Å². The summed E-state index contributed by atoms with van der Waals surface area (Å²) < 4.78 is 30.6. The van der Waals surface area contributed by atoms with E-state index in [0.29, 0.717) is 23.9 Å². The largest absolute Gasteiger partial charge is 0.472 e. The molecule has 0 spiro atoms. The summed E-state index contributed by atoms with van der Waals surface area (Å²) in [6.45, 7) is 6.83. The zero-order valence-electron chi connectivity index (χ0n) is 47.0. The van der Waals surface area contributed by atoms with Crippen LogP contribution in [0.5, 0.6) is 0 Å². The van der Waals surface area contributed by atoms with Gasteiger partial charge in [0.15, 0.2) is 0 Å². The summed E-state index contributed by atoms with van der Waals surface area (Å²) in [5, 5.41) is 3.04. The zero-order valence-corrected chi connectivity index (χ0v) is 47.8. The lowest BCUT2D eigenvalue weighted by atomic mass is 10.0. The fourth-order valence-corrected chi connectivity index (χ4v) is 8.88. The fraction of sp³-hybridized carbons (Fsp3) is 0.770. The van der Waals surface area contributed by atoms with Crippen molar-refractivity contribution in [2.45, 2.75) is 264 Å². The third-order valence-corrected chi connectivity index (χ3v) is 13.7. The first-order chi connectivity index (χ1) is 34.4.